The van der Waals surface area contributed by atoms with Crippen molar-refractivity contribution in [3.63, 3.8) is 0 Å². The van der Waals surface area contributed by atoms with Crippen LogP contribution in [0.4, 0.5) is 16.4 Å². The Morgan fingerprint density at radius 3 is 2.49 bits per heavy atom. The van der Waals surface area contributed by atoms with E-state index in [4.69, 9.17) is 4.74 Å². The van der Waals surface area contributed by atoms with E-state index in [9.17, 15) is 9.59 Å². The van der Waals surface area contributed by atoms with Gasteiger partial charge in [-0.3, -0.25) is 14.7 Å². The SMILES string of the molecule is Cc1ccc(NC(=O)NC(=O)C(C)Sc2nnc(N3CCOCC3)n2-c2ccccc2C)c(C)c1. The number of nitrogens with one attached hydrogen (secondary N) is 2. The summed E-state index contributed by atoms with van der Waals surface area (Å²) in [5.74, 6) is 0.301. The first kappa shape index (κ1) is 24.7. The van der Waals surface area contributed by atoms with E-state index < -0.39 is 17.2 Å². The zero-order chi connectivity index (χ0) is 24.9. The molecule has 4 rings (SSSR count). The van der Waals surface area contributed by atoms with E-state index in [0.29, 0.717) is 43.1 Å². The number of morpholine rings is 1. The van der Waals surface area contributed by atoms with Crippen molar-refractivity contribution >= 4 is 35.3 Å². The van der Waals surface area contributed by atoms with E-state index in [-0.39, 0.29) is 0 Å². The van der Waals surface area contributed by atoms with Crippen LogP contribution in [0.5, 0.6) is 0 Å². The number of amides is 3. The molecule has 2 aromatic carbocycles. The number of para-hydroxylation sites is 1. The van der Waals surface area contributed by atoms with E-state index in [1.807, 2.05) is 67.8 Å². The minimum atomic E-state index is -0.579. The van der Waals surface area contributed by atoms with E-state index in [0.717, 1.165) is 22.4 Å². The predicted molar refractivity (Wildman–Crippen MR) is 138 cm³/mol. The molecule has 1 unspecified atom stereocenters. The van der Waals surface area contributed by atoms with E-state index in [1.165, 1.54) is 11.8 Å². The molecule has 0 radical (unpaired) electrons. The van der Waals surface area contributed by atoms with Gasteiger partial charge in [0, 0.05) is 18.8 Å². The van der Waals surface area contributed by atoms with Gasteiger partial charge in [-0.05, 0) is 51.0 Å². The summed E-state index contributed by atoms with van der Waals surface area (Å²) in [6.45, 7) is 10.3. The van der Waals surface area contributed by atoms with Crippen molar-refractivity contribution in [1.29, 1.82) is 0 Å². The number of anilines is 2. The number of imide groups is 1. The van der Waals surface area contributed by atoms with Crippen LogP contribution < -0.4 is 15.5 Å². The second-order valence-electron chi connectivity index (χ2n) is 8.53. The van der Waals surface area contributed by atoms with Crippen LogP contribution in [0.1, 0.15) is 23.6 Å². The average Bonchev–Trinajstić information content (AvgIpc) is 3.25. The van der Waals surface area contributed by atoms with Gasteiger partial charge < -0.3 is 15.0 Å². The first-order chi connectivity index (χ1) is 16.8. The summed E-state index contributed by atoms with van der Waals surface area (Å²) in [6.07, 6.45) is 0. The molecule has 1 aliphatic rings. The largest absolute Gasteiger partial charge is 0.378 e. The standard InChI is InChI=1S/C25H30N6O3S/c1-16-9-10-20(18(3)15-16)26-23(33)27-22(32)19(4)35-25-29-28-24(30-11-13-34-14-12-30)31(25)21-8-6-5-7-17(21)2/h5-10,15,19H,11-14H2,1-4H3,(H2,26,27,32,33). The van der Waals surface area contributed by atoms with Crippen LogP contribution in [0.25, 0.3) is 5.69 Å². The first-order valence-electron chi connectivity index (χ1n) is 11.5. The molecule has 10 heteroatoms. The molecule has 0 aliphatic carbocycles. The molecule has 9 nitrogen and oxygen atoms in total. The Kier molecular flexibility index (Phi) is 7.72. The van der Waals surface area contributed by atoms with E-state index in [1.54, 1.807) is 6.92 Å². The Bertz CT molecular complexity index is 1220. The summed E-state index contributed by atoms with van der Waals surface area (Å²) in [5, 5.41) is 14.1. The minimum Gasteiger partial charge on any atom is -0.378 e. The van der Waals surface area contributed by atoms with Crippen molar-refractivity contribution in [2.45, 2.75) is 38.1 Å². The maximum Gasteiger partial charge on any atom is 0.325 e. The second-order valence-corrected chi connectivity index (χ2v) is 9.83. The van der Waals surface area contributed by atoms with Crippen LogP contribution in [0.15, 0.2) is 47.6 Å². The molecule has 1 aliphatic heterocycles. The second kappa shape index (κ2) is 10.9. The molecule has 184 valence electrons. The molecule has 0 spiro atoms. The predicted octanol–water partition coefficient (Wildman–Crippen LogP) is 3.86. The third-order valence-electron chi connectivity index (χ3n) is 5.78. The fourth-order valence-electron chi connectivity index (χ4n) is 3.86. The van der Waals surface area contributed by atoms with Gasteiger partial charge in [0.15, 0.2) is 5.16 Å². The number of aromatic nitrogens is 3. The van der Waals surface area contributed by atoms with Crippen LogP contribution in [0, 0.1) is 20.8 Å². The van der Waals surface area contributed by atoms with E-state index in [2.05, 4.69) is 25.7 Å². The van der Waals surface area contributed by atoms with Crippen LogP contribution in [-0.4, -0.2) is 58.3 Å². The molecular formula is C25H30N6O3S. The summed E-state index contributed by atoms with van der Waals surface area (Å²) in [7, 11) is 0. The maximum atomic E-state index is 12.8. The molecule has 0 saturated carbocycles. The third-order valence-corrected chi connectivity index (χ3v) is 6.83. The van der Waals surface area contributed by atoms with Gasteiger partial charge in [0.25, 0.3) is 0 Å². The fourth-order valence-corrected chi connectivity index (χ4v) is 4.72. The Morgan fingerprint density at radius 1 is 1.03 bits per heavy atom. The number of aryl methyl sites for hydroxylation is 3. The van der Waals surface area contributed by atoms with Crippen molar-refractivity contribution in [1.82, 2.24) is 20.1 Å². The van der Waals surface area contributed by atoms with Gasteiger partial charge in [-0.1, -0.05) is 47.7 Å². The minimum absolute atomic E-state index is 0.412. The lowest BCUT2D eigenvalue weighted by Crippen LogP contribution is -2.39. The van der Waals surface area contributed by atoms with Gasteiger partial charge in [-0.25, -0.2) is 4.79 Å². The number of rotatable bonds is 6. The van der Waals surface area contributed by atoms with Crippen molar-refractivity contribution in [2.24, 2.45) is 0 Å². The van der Waals surface area contributed by atoms with Crippen molar-refractivity contribution in [3.8, 4) is 5.69 Å². The molecule has 35 heavy (non-hydrogen) atoms. The van der Waals surface area contributed by atoms with Crippen LogP contribution in [0.2, 0.25) is 0 Å². The molecule has 0 bridgehead atoms. The lowest BCUT2D eigenvalue weighted by molar-refractivity contribution is -0.119. The van der Waals surface area contributed by atoms with Crippen LogP contribution in [-0.2, 0) is 9.53 Å². The lowest BCUT2D eigenvalue weighted by atomic mass is 10.1. The Hall–Kier alpha value is -3.37. The summed E-state index contributed by atoms with van der Waals surface area (Å²) >= 11 is 1.26. The van der Waals surface area contributed by atoms with Gasteiger partial charge in [0.05, 0.1) is 24.2 Å². The summed E-state index contributed by atoms with van der Waals surface area (Å²) < 4.78 is 7.47. The highest BCUT2D eigenvalue weighted by Gasteiger charge is 2.26. The average molecular weight is 495 g/mol. The highest BCUT2D eigenvalue weighted by Crippen LogP contribution is 2.31. The van der Waals surface area contributed by atoms with Gasteiger partial charge in [-0.15, -0.1) is 10.2 Å². The van der Waals surface area contributed by atoms with Gasteiger partial charge in [0.1, 0.15) is 0 Å². The quantitative estimate of drug-likeness (QED) is 0.502. The molecule has 1 atom stereocenters. The Balaban J connectivity index is 1.50. The number of thioether (sulfide) groups is 1. The Morgan fingerprint density at radius 2 is 1.77 bits per heavy atom. The number of hydrogen-bond donors (Lipinski definition) is 2. The molecule has 3 aromatic rings. The monoisotopic (exact) mass is 494 g/mol. The molecule has 2 N–H and O–H groups in total. The van der Waals surface area contributed by atoms with E-state index >= 15 is 0 Å². The molecule has 1 aromatic heterocycles. The smallest absolute Gasteiger partial charge is 0.325 e. The van der Waals surface area contributed by atoms with Crippen LogP contribution >= 0.6 is 11.8 Å². The Labute approximate surface area is 209 Å². The molecule has 1 fully saturated rings. The zero-order valence-electron chi connectivity index (χ0n) is 20.4. The third kappa shape index (κ3) is 5.83. The normalized spacial score (nSPS) is 14.5. The highest BCUT2D eigenvalue weighted by atomic mass is 32.2. The highest BCUT2D eigenvalue weighted by molar-refractivity contribution is 8.00. The zero-order valence-corrected chi connectivity index (χ0v) is 21.2. The first-order valence-corrected chi connectivity index (χ1v) is 12.4. The topological polar surface area (TPSA) is 101 Å². The number of carbonyl (C=O) groups is 2. The summed E-state index contributed by atoms with van der Waals surface area (Å²) in [6, 6.07) is 13.1. The summed E-state index contributed by atoms with van der Waals surface area (Å²) in [4.78, 5) is 27.4. The number of hydrogen-bond acceptors (Lipinski definition) is 7. The van der Waals surface area contributed by atoms with Gasteiger partial charge in [-0.2, -0.15) is 0 Å². The van der Waals surface area contributed by atoms with Gasteiger partial charge in [0.2, 0.25) is 11.9 Å². The van der Waals surface area contributed by atoms with Crippen molar-refractivity contribution < 1.29 is 14.3 Å². The van der Waals surface area contributed by atoms with Gasteiger partial charge >= 0.3 is 6.03 Å². The van der Waals surface area contributed by atoms with Crippen molar-refractivity contribution in [2.75, 3.05) is 36.5 Å². The number of urea groups is 1. The molecular weight excluding hydrogens is 464 g/mol. The maximum absolute atomic E-state index is 12.8. The number of nitrogens with zero attached hydrogens (tertiary/aromatic N) is 4. The molecule has 1 saturated heterocycles. The fraction of sp³-hybridized carbons (Fsp3) is 0.360. The van der Waals surface area contributed by atoms with Crippen LogP contribution in [0.3, 0.4) is 0 Å². The summed E-state index contributed by atoms with van der Waals surface area (Å²) in [5.41, 5.74) is 4.70. The van der Waals surface area contributed by atoms with Crippen molar-refractivity contribution in [3.05, 3.63) is 59.2 Å². The lowest BCUT2D eigenvalue weighted by Gasteiger charge is -2.28. The molecule has 3 amide bonds. The number of ether oxygens (including phenoxy) is 1. The molecule has 2 heterocycles. The number of carbonyl (C=O) groups excluding carboxylic acids is 2. The number of benzene rings is 2.